The summed E-state index contributed by atoms with van der Waals surface area (Å²) in [6.07, 6.45) is 11.7. The van der Waals surface area contributed by atoms with Crippen molar-refractivity contribution < 1.29 is 0 Å². The summed E-state index contributed by atoms with van der Waals surface area (Å²) in [4.78, 5) is 0. The van der Waals surface area contributed by atoms with E-state index in [0.717, 1.165) is 11.3 Å². The molecule has 2 heteroatoms. The van der Waals surface area contributed by atoms with E-state index in [4.69, 9.17) is 0 Å². The fraction of sp³-hybridized carbons (Fsp3) is 1.00. The van der Waals surface area contributed by atoms with Crippen LogP contribution in [0.15, 0.2) is 0 Å². The minimum Gasteiger partial charge on any atom is -0.314 e. The molecule has 82 valence electrons. The zero-order chi connectivity index (χ0) is 9.64. The third-order valence-corrected chi connectivity index (χ3v) is 4.70. The Morgan fingerprint density at radius 1 is 1.00 bits per heavy atom. The summed E-state index contributed by atoms with van der Waals surface area (Å²) in [7, 11) is 0. The van der Waals surface area contributed by atoms with Crippen LogP contribution in [0.4, 0.5) is 0 Å². The van der Waals surface area contributed by atoms with Crippen LogP contribution in [0.2, 0.25) is 0 Å². The topological polar surface area (TPSA) is 12.0 Å². The molecule has 0 radical (unpaired) electrons. The molecule has 2 fully saturated rings. The minimum atomic E-state index is 0.898. The highest BCUT2D eigenvalue weighted by Gasteiger charge is 2.19. The third kappa shape index (κ3) is 4.22. The van der Waals surface area contributed by atoms with E-state index in [0.29, 0.717) is 0 Å². The maximum atomic E-state index is 3.58. The second-order valence-corrected chi connectivity index (χ2v) is 6.12. The Hall–Kier alpha value is 0.310. The lowest BCUT2D eigenvalue weighted by atomic mass is 10.0. The summed E-state index contributed by atoms with van der Waals surface area (Å²) in [6, 6.07) is 0.898. The largest absolute Gasteiger partial charge is 0.314 e. The van der Waals surface area contributed by atoms with Crippen LogP contribution >= 0.6 is 11.8 Å². The summed E-state index contributed by atoms with van der Waals surface area (Å²) in [5, 5.41) is 4.59. The molecule has 0 unspecified atom stereocenters. The molecule has 2 rings (SSSR count). The van der Waals surface area contributed by atoms with Crippen LogP contribution in [0.1, 0.15) is 51.4 Å². The Labute approximate surface area is 92.4 Å². The lowest BCUT2D eigenvalue weighted by Gasteiger charge is -2.20. The van der Waals surface area contributed by atoms with E-state index in [1.54, 1.807) is 0 Å². The normalized spacial score (nSPS) is 24.0. The monoisotopic (exact) mass is 213 g/mol. The van der Waals surface area contributed by atoms with E-state index in [1.165, 1.54) is 63.7 Å². The Morgan fingerprint density at radius 2 is 1.79 bits per heavy atom. The van der Waals surface area contributed by atoms with Crippen molar-refractivity contribution >= 4 is 11.8 Å². The second kappa shape index (κ2) is 6.02. The number of thioether (sulfide) groups is 1. The lowest BCUT2D eigenvalue weighted by Crippen LogP contribution is -2.18. The van der Waals surface area contributed by atoms with Crippen LogP contribution in [0.3, 0.4) is 0 Å². The van der Waals surface area contributed by atoms with E-state index < -0.39 is 0 Å². The SMILES string of the molecule is C1CCC(SCCCNC2CC2)CC1. The third-order valence-electron chi connectivity index (χ3n) is 3.24. The fourth-order valence-electron chi connectivity index (χ4n) is 2.15. The van der Waals surface area contributed by atoms with E-state index in [1.807, 2.05) is 0 Å². The molecule has 0 aliphatic heterocycles. The molecule has 14 heavy (non-hydrogen) atoms. The average molecular weight is 213 g/mol. The van der Waals surface area contributed by atoms with Gasteiger partial charge >= 0.3 is 0 Å². The Bertz CT molecular complexity index is 150. The van der Waals surface area contributed by atoms with Crippen molar-refractivity contribution in [3.63, 3.8) is 0 Å². The Kier molecular flexibility index (Phi) is 4.65. The molecule has 2 saturated carbocycles. The highest BCUT2D eigenvalue weighted by Crippen LogP contribution is 2.28. The van der Waals surface area contributed by atoms with Crippen molar-refractivity contribution in [1.82, 2.24) is 5.32 Å². The van der Waals surface area contributed by atoms with Crippen LogP contribution in [-0.4, -0.2) is 23.6 Å². The number of rotatable bonds is 6. The molecule has 0 aromatic heterocycles. The predicted molar refractivity (Wildman–Crippen MR) is 65.0 cm³/mol. The molecule has 1 nitrogen and oxygen atoms in total. The predicted octanol–water partition coefficient (Wildman–Crippen LogP) is 3.19. The molecule has 2 aliphatic rings. The van der Waals surface area contributed by atoms with Crippen molar-refractivity contribution in [2.75, 3.05) is 12.3 Å². The number of hydrogen-bond acceptors (Lipinski definition) is 2. The van der Waals surface area contributed by atoms with Crippen molar-refractivity contribution in [3.8, 4) is 0 Å². The van der Waals surface area contributed by atoms with Gasteiger partial charge in [-0.25, -0.2) is 0 Å². The maximum absolute atomic E-state index is 3.58. The second-order valence-electron chi connectivity index (χ2n) is 4.71. The van der Waals surface area contributed by atoms with E-state index >= 15 is 0 Å². The smallest absolute Gasteiger partial charge is 0.00682 e. The van der Waals surface area contributed by atoms with Gasteiger partial charge in [-0.1, -0.05) is 19.3 Å². The quantitative estimate of drug-likeness (QED) is 0.680. The standard InChI is InChI=1S/C12H23NS/c1-2-5-12(6-3-1)14-10-4-9-13-11-7-8-11/h11-13H,1-10H2. The first-order chi connectivity index (χ1) is 6.95. The van der Waals surface area contributed by atoms with Gasteiger partial charge in [0.25, 0.3) is 0 Å². The number of hydrogen-bond donors (Lipinski definition) is 1. The molecule has 0 aromatic carbocycles. The van der Waals surface area contributed by atoms with Gasteiger partial charge in [-0.15, -0.1) is 0 Å². The Balaban J connectivity index is 1.41. The zero-order valence-corrected chi connectivity index (χ0v) is 9.95. The first-order valence-electron chi connectivity index (χ1n) is 6.30. The number of nitrogens with one attached hydrogen (secondary N) is 1. The van der Waals surface area contributed by atoms with Crippen molar-refractivity contribution in [1.29, 1.82) is 0 Å². The van der Waals surface area contributed by atoms with E-state index in [-0.39, 0.29) is 0 Å². The molecule has 0 spiro atoms. The molecular weight excluding hydrogens is 190 g/mol. The van der Waals surface area contributed by atoms with Gasteiger partial charge in [0.05, 0.1) is 0 Å². The first-order valence-corrected chi connectivity index (χ1v) is 7.35. The maximum Gasteiger partial charge on any atom is 0.00682 e. The highest BCUT2D eigenvalue weighted by molar-refractivity contribution is 7.99. The van der Waals surface area contributed by atoms with Gasteiger partial charge in [-0.05, 0) is 44.4 Å². The van der Waals surface area contributed by atoms with Crippen LogP contribution in [0.25, 0.3) is 0 Å². The molecule has 1 N–H and O–H groups in total. The van der Waals surface area contributed by atoms with Gasteiger partial charge in [-0.3, -0.25) is 0 Å². The molecule has 0 bridgehead atoms. The van der Waals surface area contributed by atoms with Gasteiger partial charge in [0.1, 0.15) is 0 Å². The van der Waals surface area contributed by atoms with Crippen molar-refractivity contribution in [3.05, 3.63) is 0 Å². The lowest BCUT2D eigenvalue weighted by molar-refractivity contribution is 0.515. The van der Waals surface area contributed by atoms with Gasteiger partial charge in [0.2, 0.25) is 0 Å². The first kappa shape index (κ1) is 10.8. The molecule has 0 amide bonds. The van der Waals surface area contributed by atoms with Crippen LogP contribution < -0.4 is 5.32 Å². The van der Waals surface area contributed by atoms with E-state index in [2.05, 4.69) is 17.1 Å². The van der Waals surface area contributed by atoms with Gasteiger partial charge in [0.15, 0.2) is 0 Å². The van der Waals surface area contributed by atoms with Gasteiger partial charge < -0.3 is 5.32 Å². The van der Waals surface area contributed by atoms with Gasteiger partial charge in [0, 0.05) is 11.3 Å². The van der Waals surface area contributed by atoms with Gasteiger partial charge in [-0.2, -0.15) is 11.8 Å². The molecular formula is C12H23NS. The van der Waals surface area contributed by atoms with Crippen molar-refractivity contribution in [2.45, 2.75) is 62.7 Å². The summed E-state index contributed by atoms with van der Waals surface area (Å²) in [5.41, 5.74) is 0. The average Bonchev–Trinajstić information content (AvgIpc) is 3.03. The highest BCUT2D eigenvalue weighted by atomic mass is 32.2. The summed E-state index contributed by atoms with van der Waals surface area (Å²) < 4.78 is 0. The zero-order valence-electron chi connectivity index (χ0n) is 9.13. The minimum absolute atomic E-state index is 0.898. The van der Waals surface area contributed by atoms with Crippen LogP contribution in [0, 0.1) is 0 Å². The van der Waals surface area contributed by atoms with E-state index in [9.17, 15) is 0 Å². The van der Waals surface area contributed by atoms with Crippen LogP contribution in [0.5, 0.6) is 0 Å². The summed E-state index contributed by atoms with van der Waals surface area (Å²) in [6.45, 7) is 1.25. The summed E-state index contributed by atoms with van der Waals surface area (Å²) >= 11 is 2.23. The van der Waals surface area contributed by atoms with Crippen LogP contribution in [-0.2, 0) is 0 Å². The summed E-state index contributed by atoms with van der Waals surface area (Å²) in [5.74, 6) is 1.38. The molecule has 0 heterocycles. The molecule has 0 saturated heterocycles. The Morgan fingerprint density at radius 3 is 2.50 bits per heavy atom. The fourth-order valence-corrected chi connectivity index (χ4v) is 3.46. The molecule has 2 aliphatic carbocycles. The van der Waals surface area contributed by atoms with Crippen molar-refractivity contribution in [2.24, 2.45) is 0 Å². The molecule has 0 aromatic rings. The molecule has 0 atom stereocenters.